The van der Waals surface area contributed by atoms with Crippen LogP contribution in [-0.4, -0.2) is 30.0 Å². The van der Waals surface area contributed by atoms with Crippen molar-refractivity contribution in [2.45, 2.75) is 19.4 Å². The SMILES string of the molecule is COc1ccn2ccc(CCNC(=O)[C@H](C)N)c2c1. The fourth-order valence-corrected chi connectivity index (χ4v) is 1.96. The Morgan fingerprint density at radius 2 is 2.21 bits per heavy atom. The summed E-state index contributed by atoms with van der Waals surface area (Å²) in [6.07, 6.45) is 4.72. The van der Waals surface area contributed by atoms with Gasteiger partial charge in [-0.05, 0) is 31.0 Å². The highest BCUT2D eigenvalue weighted by atomic mass is 16.5. The van der Waals surface area contributed by atoms with E-state index in [0.717, 1.165) is 17.7 Å². The Kier molecular flexibility index (Phi) is 4.06. The molecule has 19 heavy (non-hydrogen) atoms. The largest absolute Gasteiger partial charge is 0.497 e. The summed E-state index contributed by atoms with van der Waals surface area (Å²) in [6.45, 7) is 2.26. The molecule has 2 aromatic rings. The molecule has 3 N–H and O–H groups in total. The van der Waals surface area contributed by atoms with E-state index in [1.807, 2.05) is 35.0 Å². The molecule has 0 aliphatic carbocycles. The predicted molar refractivity (Wildman–Crippen MR) is 74.3 cm³/mol. The standard InChI is InChI=1S/C14H19N3O2/c1-10(15)14(18)16-6-3-11-4-7-17-8-5-12(19-2)9-13(11)17/h4-5,7-10H,3,6,15H2,1-2H3,(H,16,18)/t10-/m0/s1. The van der Waals surface area contributed by atoms with E-state index >= 15 is 0 Å². The summed E-state index contributed by atoms with van der Waals surface area (Å²) >= 11 is 0. The van der Waals surface area contributed by atoms with Crippen LogP contribution in [0.4, 0.5) is 0 Å². The lowest BCUT2D eigenvalue weighted by atomic mass is 10.2. The summed E-state index contributed by atoms with van der Waals surface area (Å²) in [7, 11) is 1.65. The molecule has 0 saturated heterocycles. The van der Waals surface area contributed by atoms with Gasteiger partial charge in [0.1, 0.15) is 5.75 Å². The third-order valence-corrected chi connectivity index (χ3v) is 3.06. The maximum Gasteiger partial charge on any atom is 0.236 e. The Morgan fingerprint density at radius 1 is 1.47 bits per heavy atom. The lowest BCUT2D eigenvalue weighted by Gasteiger charge is -2.07. The van der Waals surface area contributed by atoms with Gasteiger partial charge < -0.3 is 20.2 Å². The maximum absolute atomic E-state index is 11.4. The number of amides is 1. The summed E-state index contributed by atoms with van der Waals surface area (Å²) in [5, 5.41) is 2.81. The van der Waals surface area contributed by atoms with Gasteiger partial charge in [0.2, 0.25) is 5.91 Å². The summed E-state index contributed by atoms with van der Waals surface area (Å²) in [5.74, 6) is 0.702. The molecule has 2 aromatic heterocycles. The normalized spacial score (nSPS) is 12.4. The average Bonchev–Trinajstić information content (AvgIpc) is 2.81. The molecule has 5 heteroatoms. The van der Waals surface area contributed by atoms with E-state index in [9.17, 15) is 4.79 Å². The molecule has 0 radical (unpaired) electrons. The van der Waals surface area contributed by atoms with Crippen LogP contribution in [0.15, 0.2) is 30.6 Å². The van der Waals surface area contributed by atoms with E-state index in [-0.39, 0.29) is 5.91 Å². The van der Waals surface area contributed by atoms with Crippen LogP contribution in [0.1, 0.15) is 12.5 Å². The summed E-state index contributed by atoms with van der Waals surface area (Å²) in [5.41, 5.74) is 7.75. The van der Waals surface area contributed by atoms with Crippen molar-refractivity contribution in [1.29, 1.82) is 0 Å². The number of nitrogens with zero attached hydrogens (tertiary/aromatic N) is 1. The molecule has 0 fully saturated rings. The van der Waals surface area contributed by atoms with Crippen molar-refractivity contribution in [2.24, 2.45) is 5.73 Å². The lowest BCUT2D eigenvalue weighted by molar-refractivity contribution is -0.121. The van der Waals surface area contributed by atoms with E-state index in [0.29, 0.717) is 6.54 Å². The molecule has 2 rings (SSSR count). The Hall–Kier alpha value is -2.01. The van der Waals surface area contributed by atoms with Gasteiger partial charge >= 0.3 is 0 Å². The fraction of sp³-hybridized carbons (Fsp3) is 0.357. The molecule has 0 bridgehead atoms. The van der Waals surface area contributed by atoms with Crippen molar-refractivity contribution in [3.8, 4) is 5.75 Å². The summed E-state index contributed by atoms with van der Waals surface area (Å²) in [4.78, 5) is 11.4. The van der Waals surface area contributed by atoms with Crippen LogP contribution in [0.25, 0.3) is 5.52 Å². The van der Waals surface area contributed by atoms with Crippen molar-refractivity contribution >= 4 is 11.4 Å². The van der Waals surface area contributed by atoms with Gasteiger partial charge in [-0.15, -0.1) is 0 Å². The first-order chi connectivity index (χ1) is 9.11. The Bertz CT molecular complexity index is 575. The quantitative estimate of drug-likeness (QED) is 0.842. The minimum absolute atomic E-state index is 0.124. The number of aromatic nitrogens is 1. The van der Waals surface area contributed by atoms with Gasteiger partial charge in [-0.1, -0.05) is 0 Å². The number of rotatable bonds is 5. The predicted octanol–water partition coefficient (Wildman–Crippen LogP) is 0.954. The van der Waals surface area contributed by atoms with Crippen molar-refractivity contribution in [3.05, 3.63) is 36.2 Å². The zero-order valence-corrected chi connectivity index (χ0v) is 11.2. The molecule has 0 spiro atoms. The first-order valence-corrected chi connectivity index (χ1v) is 6.28. The number of nitrogens with two attached hydrogens (primary N) is 1. The lowest BCUT2D eigenvalue weighted by Crippen LogP contribution is -2.39. The highest BCUT2D eigenvalue weighted by Gasteiger charge is 2.07. The highest BCUT2D eigenvalue weighted by Crippen LogP contribution is 2.19. The van der Waals surface area contributed by atoms with Crippen LogP contribution in [-0.2, 0) is 11.2 Å². The molecule has 2 heterocycles. The smallest absolute Gasteiger partial charge is 0.236 e. The second kappa shape index (κ2) is 5.75. The molecule has 0 aliphatic rings. The first kappa shape index (κ1) is 13.4. The molecule has 0 saturated carbocycles. The highest BCUT2D eigenvalue weighted by molar-refractivity contribution is 5.80. The van der Waals surface area contributed by atoms with E-state index in [1.165, 1.54) is 5.56 Å². The van der Waals surface area contributed by atoms with Gasteiger partial charge in [-0.25, -0.2) is 0 Å². The monoisotopic (exact) mass is 261 g/mol. The van der Waals surface area contributed by atoms with E-state index in [4.69, 9.17) is 10.5 Å². The molecule has 5 nitrogen and oxygen atoms in total. The van der Waals surface area contributed by atoms with Crippen LogP contribution in [0.2, 0.25) is 0 Å². The third kappa shape index (κ3) is 3.06. The average molecular weight is 261 g/mol. The number of fused-ring (bicyclic) bond motifs is 1. The Morgan fingerprint density at radius 3 is 2.89 bits per heavy atom. The maximum atomic E-state index is 11.4. The Labute approximate surface area is 112 Å². The Balaban J connectivity index is 2.06. The zero-order chi connectivity index (χ0) is 13.8. The van der Waals surface area contributed by atoms with Crippen molar-refractivity contribution in [3.63, 3.8) is 0 Å². The van der Waals surface area contributed by atoms with E-state index in [1.54, 1.807) is 14.0 Å². The number of methoxy groups -OCH3 is 1. The number of carbonyl (C=O) groups excluding carboxylic acids is 1. The zero-order valence-electron chi connectivity index (χ0n) is 11.2. The minimum atomic E-state index is -0.467. The van der Waals surface area contributed by atoms with Gasteiger partial charge in [-0.2, -0.15) is 0 Å². The molecule has 1 amide bonds. The van der Waals surface area contributed by atoms with Crippen LogP contribution in [0.3, 0.4) is 0 Å². The van der Waals surface area contributed by atoms with Gasteiger partial charge in [0.15, 0.2) is 0 Å². The van der Waals surface area contributed by atoms with Crippen molar-refractivity contribution in [2.75, 3.05) is 13.7 Å². The van der Waals surface area contributed by atoms with Gasteiger partial charge in [0, 0.05) is 25.0 Å². The summed E-state index contributed by atoms with van der Waals surface area (Å²) < 4.78 is 7.25. The van der Waals surface area contributed by atoms with Gasteiger partial charge in [0.05, 0.1) is 18.7 Å². The summed E-state index contributed by atoms with van der Waals surface area (Å²) in [6, 6.07) is 5.48. The molecule has 1 atom stereocenters. The van der Waals surface area contributed by atoms with Crippen molar-refractivity contribution < 1.29 is 9.53 Å². The van der Waals surface area contributed by atoms with Crippen LogP contribution in [0.5, 0.6) is 5.75 Å². The van der Waals surface area contributed by atoms with Crippen molar-refractivity contribution in [1.82, 2.24) is 9.72 Å². The topological polar surface area (TPSA) is 68.8 Å². The first-order valence-electron chi connectivity index (χ1n) is 6.28. The molecular formula is C14H19N3O2. The second-order valence-corrected chi connectivity index (χ2v) is 4.53. The molecule has 0 aromatic carbocycles. The number of carbonyl (C=O) groups is 1. The van der Waals surface area contributed by atoms with E-state index < -0.39 is 6.04 Å². The number of ether oxygens (including phenoxy) is 1. The third-order valence-electron chi connectivity index (χ3n) is 3.06. The fourth-order valence-electron chi connectivity index (χ4n) is 1.96. The molecule has 102 valence electrons. The van der Waals surface area contributed by atoms with Crippen LogP contribution in [0, 0.1) is 0 Å². The number of nitrogens with one attached hydrogen (secondary N) is 1. The van der Waals surface area contributed by atoms with Crippen LogP contribution < -0.4 is 15.8 Å². The van der Waals surface area contributed by atoms with Crippen LogP contribution >= 0.6 is 0 Å². The number of pyridine rings is 1. The number of hydrogen-bond donors (Lipinski definition) is 2. The van der Waals surface area contributed by atoms with Gasteiger partial charge in [-0.3, -0.25) is 4.79 Å². The van der Waals surface area contributed by atoms with E-state index in [2.05, 4.69) is 5.32 Å². The molecular weight excluding hydrogens is 242 g/mol. The second-order valence-electron chi connectivity index (χ2n) is 4.53. The van der Waals surface area contributed by atoms with Gasteiger partial charge in [0.25, 0.3) is 0 Å². The number of hydrogen-bond acceptors (Lipinski definition) is 3. The molecule has 0 unspecified atom stereocenters. The molecule has 0 aliphatic heterocycles. The minimum Gasteiger partial charge on any atom is -0.497 e.